The minimum atomic E-state index is -0.404. The van der Waals surface area contributed by atoms with Crippen LogP contribution in [0.1, 0.15) is 31.0 Å². The van der Waals surface area contributed by atoms with E-state index in [1.807, 2.05) is 53.4 Å². The van der Waals surface area contributed by atoms with Gasteiger partial charge in [0.25, 0.3) is 0 Å². The van der Waals surface area contributed by atoms with Crippen molar-refractivity contribution in [1.29, 1.82) is 0 Å². The van der Waals surface area contributed by atoms with Crippen molar-refractivity contribution >= 4 is 23.3 Å². The normalized spacial score (nSPS) is 20.2. The molecule has 0 radical (unpaired) electrons. The summed E-state index contributed by atoms with van der Waals surface area (Å²) in [4.78, 5) is 40.0. The van der Waals surface area contributed by atoms with Crippen molar-refractivity contribution in [2.45, 2.75) is 31.2 Å². The summed E-state index contributed by atoms with van der Waals surface area (Å²) in [5.41, 5.74) is 2.63. The lowest BCUT2D eigenvalue weighted by Gasteiger charge is -2.20. The van der Waals surface area contributed by atoms with Gasteiger partial charge in [-0.1, -0.05) is 18.2 Å². The van der Waals surface area contributed by atoms with Gasteiger partial charge in [-0.05, 0) is 37.1 Å². The molecule has 162 valence electrons. The lowest BCUT2D eigenvalue weighted by Crippen LogP contribution is -2.43. The number of carbonyl (C=O) groups excluding carboxylic acids is 2. The Hall–Kier alpha value is -3.81. The average molecular weight is 428 g/mol. The van der Waals surface area contributed by atoms with E-state index in [1.165, 1.54) is 0 Å². The van der Waals surface area contributed by atoms with Crippen LogP contribution in [-0.4, -0.2) is 50.8 Å². The molecule has 0 unspecified atom stereocenters. The van der Waals surface area contributed by atoms with Crippen molar-refractivity contribution in [2.75, 3.05) is 18.4 Å². The number of likely N-dealkylation sites (tertiary alicyclic amines) is 1. The van der Waals surface area contributed by atoms with Crippen LogP contribution in [0, 0.1) is 0 Å². The number of rotatable bonds is 5. The molecule has 2 saturated heterocycles. The zero-order chi connectivity index (χ0) is 21.9. The number of benzene rings is 1. The van der Waals surface area contributed by atoms with Crippen LogP contribution in [0.25, 0.3) is 11.3 Å². The van der Waals surface area contributed by atoms with Crippen LogP contribution in [0.3, 0.4) is 0 Å². The highest BCUT2D eigenvalue weighted by atomic mass is 16.2. The third kappa shape index (κ3) is 4.30. The number of aromatic nitrogens is 3. The van der Waals surface area contributed by atoms with Crippen molar-refractivity contribution in [1.82, 2.24) is 25.2 Å². The first kappa shape index (κ1) is 20.1. The third-order valence-corrected chi connectivity index (χ3v) is 5.91. The predicted octanol–water partition coefficient (Wildman–Crippen LogP) is 2.88. The highest BCUT2D eigenvalue weighted by Gasteiger charge is 2.35. The van der Waals surface area contributed by atoms with E-state index in [1.54, 1.807) is 12.4 Å². The smallest absolute Gasteiger partial charge is 0.245 e. The first-order chi connectivity index (χ1) is 15.7. The van der Waals surface area contributed by atoms with Gasteiger partial charge in [-0.25, -0.2) is 9.97 Å². The fourth-order valence-corrected chi connectivity index (χ4v) is 4.23. The number of hydrogen-bond donors (Lipinski definition) is 2. The summed E-state index contributed by atoms with van der Waals surface area (Å²) < 4.78 is 0. The lowest BCUT2D eigenvalue weighted by atomic mass is 10.1. The van der Waals surface area contributed by atoms with Gasteiger partial charge < -0.3 is 15.5 Å². The number of hydrogen-bond acceptors (Lipinski definition) is 6. The van der Waals surface area contributed by atoms with E-state index in [4.69, 9.17) is 9.97 Å². The summed E-state index contributed by atoms with van der Waals surface area (Å²) in [6.07, 6.45) is 5.28. The summed E-state index contributed by atoms with van der Waals surface area (Å²) in [5.74, 6) is 1.38. The molecule has 2 amide bonds. The Morgan fingerprint density at radius 1 is 1.09 bits per heavy atom. The summed E-state index contributed by atoms with van der Waals surface area (Å²) in [7, 11) is 0. The number of nitrogens with one attached hydrogen (secondary N) is 2. The molecule has 1 aromatic carbocycles. The van der Waals surface area contributed by atoms with Gasteiger partial charge in [0.15, 0.2) is 0 Å². The molecule has 32 heavy (non-hydrogen) atoms. The second kappa shape index (κ2) is 8.74. The minimum absolute atomic E-state index is 0.00982. The van der Waals surface area contributed by atoms with Gasteiger partial charge in [-0.15, -0.1) is 0 Å². The second-order valence-electron chi connectivity index (χ2n) is 8.16. The number of nitrogens with zero attached hydrogens (tertiary/aromatic N) is 4. The number of para-hydroxylation sites is 1. The van der Waals surface area contributed by atoms with Crippen LogP contribution in [-0.2, 0) is 9.59 Å². The molecule has 0 aliphatic carbocycles. The van der Waals surface area contributed by atoms with Crippen LogP contribution in [0.4, 0.5) is 11.5 Å². The molecule has 4 heterocycles. The Morgan fingerprint density at radius 2 is 1.97 bits per heavy atom. The zero-order valence-corrected chi connectivity index (χ0v) is 17.6. The van der Waals surface area contributed by atoms with E-state index in [2.05, 4.69) is 15.6 Å². The molecule has 0 bridgehead atoms. The number of carbonyl (C=O) groups is 2. The van der Waals surface area contributed by atoms with Crippen LogP contribution >= 0.6 is 0 Å². The summed E-state index contributed by atoms with van der Waals surface area (Å²) in [6.45, 7) is 1.18. The number of pyridine rings is 1. The fourth-order valence-electron chi connectivity index (χ4n) is 4.23. The zero-order valence-electron chi connectivity index (χ0n) is 17.6. The van der Waals surface area contributed by atoms with Crippen LogP contribution in [0.5, 0.6) is 0 Å². The van der Waals surface area contributed by atoms with Gasteiger partial charge in [0.1, 0.15) is 17.7 Å². The molecule has 8 nitrogen and oxygen atoms in total. The summed E-state index contributed by atoms with van der Waals surface area (Å²) in [6, 6.07) is 15.2. The molecule has 2 fully saturated rings. The average Bonchev–Trinajstić information content (AvgIpc) is 3.49. The Labute approximate surface area is 186 Å². The third-order valence-electron chi connectivity index (χ3n) is 5.91. The van der Waals surface area contributed by atoms with Crippen molar-refractivity contribution in [3.8, 4) is 11.3 Å². The quantitative estimate of drug-likeness (QED) is 0.648. The molecule has 2 N–H and O–H groups in total. The molecule has 0 spiro atoms. The molecule has 2 atom stereocenters. The maximum Gasteiger partial charge on any atom is 0.245 e. The van der Waals surface area contributed by atoms with Gasteiger partial charge in [-0.3, -0.25) is 14.6 Å². The monoisotopic (exact) mass is 428 g/mol. The molecule has 0 saturated carbocycles. The van der Waals surface area contributed by atoms with Crippen LogP contribution in [0.2, 0.25) is 0 Å². The van der Waals surface area contributed by atoms with E-state index in [0.717, 1.165) is 23.4 Å². The van der Waals surface area contributed by atoms with Crippen molar-refractivity contribution in [2.24, 2.45) is 0 Å². The topological polar surface area (TPSA) is 100 Å². The summed E-state index contributed by atoms with van der Waals surface area (Å²) >= 11 is 0. The second-order valence-corrected chi connectivity index (χ2v) is 8.16. The standard InChI is InChI=1S/C24H24N6O2/c31-22-9-8-19(27-22)24(32)30-12-10-17(15-30)23-28-20(16-5-4-11-25-14-16)13-21(29-23)26-18-6-2-1-3-7-18/h1-7,11,13-14,17,19H,8-10,12,15H2,(H,27,31)(H,26,28,29)/t17-,19-/m1/s1. The Bertz CT molecular complexity index is 1120. The first-order valence-electron chi connectivity index (χ1n) is 10.9. The van der Waals surface area contributed by atoms with E-state index in [0.29, 0.717) is 37.6 Å². The van der Waals surface area contributed by atoms with Crippen molar-refractivity contribution in [3.05, 3.63) is 66.7 Å². The Kier molecular flexibility index (Phi) is 5.49. The highest BCUT2D eigenvalue weighted by Crippen LogP contribution is 2.30. The lowest BCUT2D eigenvalue weighted by molar-refractivity contribution is -0.133. The van der Waals surface area contributed by atoms with Gasteiger partial charge in [0, 0.05) is 55.1 Å². The predicted molar refractivity (Wildman–Crippen MR) is 120 cm³/mol. The molecule has 2 aliphatic heterocycles. The molecular weight excluding hydrogens is 404 g/mol. The molecular formula is C24H24N6O2. The Balaban J connectivity index is 1.40. The molecule has 5 rings (SSSR count). The Morgan fingerprint density at radius 3 is 2.72 bits per heavy atom. The molecule has 2 aromatic heterocycles. The van der Waals surface area contributed by atoms with Gasteiger partial charge in [-0.2, -0.15) is 0 Å². The number of amides is 2. The summed E-state index contributed by atoms with van der Waals surface area (Å²) in [5, 5.41) is 6.14. The molecule has 2 aliphatic rings. The maximum absolute atomic E-state index is 12.8. The molecule has 3 aromatic rings. The number of anilines is 2. The minimum Gasteiger partial charge on any atom is -0.344 e. The molecule has 8 heteroatoms. The van der Waals surface area contributed by atoms with Gasteiger partial charge in [0.05, 0.1) is 5.69 Å². The highest BCUT2D eigenvalue weighted by molar-refractivity contribution is 5.91. The fraction of sp³-hybridized carbons (Fsp3) is 0.292. The van der Waals surface area contributed by atoms with Gasteiger partial charge in [0.2, 0.25) is 11.8 Å². The van der Waals surface area contributed by atoms with Gasteiger partial charge >= 0.3 is 0 Å². The largest absolute Gasteiger partial charge is 0.344 e. The first-order valence-corrected chi connectivity index (χ1v) is 10.9. The van der Waals surface area contributed by atoms with E-state index < -0.39 is 6.04 Å². The SMILES string of the molecule is O=C1CC[C@H](C(=O)N2CC[C@@H](c3nc(Nc4ccccc4)cc(-c4cccnc4)n3)C2)N1. The van der Waals surface area contributed by atoms with Crippen molar-refractivity contribution in [3.63, 3.8) is 0 Å². The van der Waals surface area contributed by atoms with E-state index in [9.17, 15) is 9.59 Å². The van der Waals surface area contributed by atoms with E-state index >= 15 is 0 Å². The van der Waals surface area contributed by atoms with Crippen LogP contribution < -0.4 is 10.6 Å². The van der Waals surface area contributed by atoms with Crippen LogP contribution in [0.15, 0.2) is 60.9 Å². The maximum atomic E-state index is 12.8. The van der Waals surface area contributed by atoms with Crippen molar-refractivity contribution < 1.29 is 9.59 Å². The van der Waals surface area contributed by atoms with E-state index in [-0.39, 0.29) is 17.7 Å².